The number of hydrogen-bond donors (Lipinski definition) is 1. The summed E-state index contributed by atoms with van der Waals surface area (Å²) in [6.45, 7) is 3.76. The number of H-pyrrole nitrogens is 1. The van der Waals surface area contributed by atoms with Gasteiger partial charge in [-0.05, 0) is 19.1 Å². The number of rotatable bonds is 6. The topological polar surface area (TPSA) is 84.0 Å². The first-order chi connectivity index (χ1) is 10.9. The molecule has 9 heteroatoms. The van der Waals surface area contributed by atoms with E-state index in [1.165, 1.54) is 11.0 Å². The van der Waals surface area contributed by atoms with Crippen LogP contribution in [0, 0.1) is 11.6 Å². The van der Waals surface area contributed by atoms with Gasteiger partial charge >= 0.3 is 0 Å². The molecule has 0 radical (unpaired) electrons. The van der Waals surface area contributed by atoms with Crippen LogP contribution < -0.4 is 4.74 Å². The van der Waals surface area contributed by atoms with Gasteiger partial charge in [-0.15, -0.1) is 10.2 Å². The van der Waals surface area contributed by atoms with Crippen molar-refractivity contribution >= 4 is 5.91 Å². The predicted molar refractivity (Wildman–Crippen MR) is 76.7 cm³/mol. The van der Waals surface area contributed by atoms with Gasteiger partial charge in [-0.3, -0.25) is 4.79 Å². The summed E-state index contributed by atoms with van der Waals surface area (Å²) in [7, 11) is 1.62. The quantitative estimate of drug-likeness (QED) is 0.870. The highest BCUT2D eigenvalue weighted by molar-refractivity contribution is 5.80. The maximum atomic E-state index is 13.1. The first-order valence-corrected chi connectivity index (χ1v) is 6.98. The molecule has 2 atom stereocenters. The number of likely N-dealkylation sites (N-methyl/N-ethyl adjacent to an activating group) is 1. The van der Waals surface area contributed by atoms with E-state index in [1.54, 1.807) is 14.0 Å². The number of tetrazole rings is 1. The highest BCUT2D eigenvalue weighted by Crippen LogP contribution is 2.18. The maximum absolute atomic E-state index is 13.1. The summed E-state index contributed by atoms with van der Waals surface area (Å²) >= 11 is 0. The minimum atomic E-state index is -1.03. The van der Waals surface area contributed by atoms with E-state index in [2.05, 4.69) is 20.6 Å². The number of ether oxygens (including phenoxy) is 1. The Labute approximate surface area is 131 Å². The predicted octanol–water partition coefficient (Wildman–Crippen LogP) is 1.51. The SMILES string of the molecule is CC(Oc1ccc(F)c(F)c1)C(=O)N(C)CC(C)c1nn[nH]n1. The largest absolute Gasteiger partial charge is 0.481 e. The Morgan fingerprint density at radius 2 is 2.09 bits per heavy atom. The van der Waals surface area contributed by atoms with E-state index < -0.39 is 17.7 Å². The molecule has 23 heavy (non-hydrogen) atoms. The minimum absolute atomic E-state index is 0.0874. The molecule has 0 saturated heterocycles. The first-order valence-electron chi connectivity index (χ1n) is 6.98. The molecule has 0 spiro atoms. The van der Waals surface area contributed by atoms with Crippen molar-refractivity contribution in [2.24, 2.45) is 0 Å². The third-order valence-electron chi connectivity index (χ3n) is 3.28. The number of nitrogens with zero attached hydrogens (tertiary/aromatic N) is 4. The average Bonchev–Trinajstić information content (AvgIpc) is 3.04. The van der Waals surface area contributed by atoms with Gasteiger partial charge in [0.2, 0.25) is 0 Å². The molecule has 0 fully saturated rings. The molecule has 1 aromatic carbocycles. The van der Waals surface area contributed by atoms with Gasteiger partial charge in [0.1, 0.15) is 5.75 Å². The van der Waals surface area contributed by atoms with Crippen LogP contribution in [0.1, 0.15) is 25.6 Å². The molecule has 0 aliphatic heterocycles. The fraction of sp³-hybridized carbons (Fsp3) is 0.429. The van der Waals surface area contributed by atoms with Gasteiger partial charge in [0.15, 0.2) is 23.6 Å². The number of benzene rings is 1. The summed E-state index contributed by atoms with van der Waals surface area (Å²) in [5.74, 6) is -1.82. The third kappa shape index (κ3) is 4.21. The average molecular weight is 325 g/mol. The number of nitrogens with one attached hydrogen (secondary N) is 1. The van der Waals surface area contributed by atoms with Crippen LogP contribution in [0.5, 0.6) is 5.75 Å². The van der Waals surface area contributed by atoms with Gasteiger partial charge in [0.05, 0.1) is 0 Å². The minimum Gasteiger partial charge on any atom is -0.481 e. The van der Waals surface area contributed by atoms with Crippen molar-refractivity contribution in [2.75, 3.05) is 13.6 Å². The van der Waals surface area contributed by atoms with Gasteiger partial charge in [0.25, 0.3) is 5.91 Å². The van der Waals surface area contributed by atoms with E-state index in [1.807, 2.05) is 6.92 Å². The number of hydrogen-bond acceptors (Lipinski definition) is 5. The smallest absolute Gasteiger partial charge is 0.263 e. The van der Waals surface area contributed by atoms with Crippen LogP contribution in [0.25, 0.3) is 0 Å². The molecule has 1 amide bonds. The molecule has 1 N–H and O–H groups in total. The van der Waals surface area contributed by atoms with Crippen molar-refractivity contribution < 1.29 is 18.3 Å². The second-order valence-electron chi connectivity index (χ2n) is 5.23. The zero-order valence-corrected chi connectivity index (χ0v) is 13.0. The van der Waals surface area contributed by atoms with E-state index in [0.717, 1.165) is 12.1 Å². The lowest BCUT2D eigenvalue weighted by molar-refractivity contribution is -0.136. The van der Waals surface area contributed by atoms with Gasteiger partial charge < -0.3 is 9.64 Å². The van der Waals surface area contributed by atoms with Crippen LogP contribution in [0.3, 0.4) is 0 Å². The Kier molecular flexibility index (Phi) is 5.20. The molecule has 1 aromatic heterocycles. The van der Waals surface area contributed by atoms with E-state index in [9.17, 15) is 13.6 Å². The highest BCUT2D eigenvalue weighted by atomic mass is 19.2. The van der Waals surface area contributed by atoms with Crippen molar-refractivity contribution in [1.82, 2.24) is 25.5 Å². The number of aromatic amines is 1. The van der Waals surface area contributed by atoms with Gasteiger partial charge in [-0.1, -0.05) is 12.1 Å². The van der Waals surface area contributed by atoms with Crippen LogP contribution in [-0.2, 0) is 4.79 Å². The monoisotopic (exact) mass is 325 g/mol. The van der Waals surface area contributed by atoms with E-state index in [4.69, 9.17) is 4.74 Å². The molecule has 1 heterocycles. The second-order valence-corrected chi connectivity index (χ2v) is 5.23. The van der Waals surface area contributed by atoms with Crippen molar-refractivity contribution in [3.05, 3.63) is 35.7 Å². The molecule has 0 aliphatic rings. The number of carbonyl (C=O) groups excluding carboxylic acids is 1. The van der Waals surface area contributed by atoms with E-state index >= 15 is 0 Å². The lowest BCUT2D eigenvalue weighted by Crippen LogP contribution is -2.39. The van der Waals surface area contributed by atoms with Crippen molar-refractivity contribution in [1.29, 1.82) is 0 Å². The van der Waals surface area contributed by atoms with Gasteiger partial charge in [0, 0.05) is 25.6 Å². The Morgan fingerprint density at radius 1 is 1.35 bits per heavy atom. The van der Waals surface area contributed by atoms with Crippen LogP contribution in [-0.4, -0.2) is 51.1 Å². The van der Waals surface area contributed by atoms with E-state index in [0.29, 0.717) is 12.4 Å². The van der Waals surface area contributed by atoms with Crippen molar-refractivity contribution in [3.63, 3.8) is 0 Å². The lowest BCUT2D eigenvalue weighted by atomic mass is 10.1. The summed E-state index contributed by atoms with van der Waals surface area (Å²) < 4.78 is 31.4. The van der Waals surface area contributed by atoms with Gasteiger partial charge in [-0.2, -0.15) is 5.21 Å². The standard InChI is InChI=1S/C14H17F2N5O2/c1-8(13-17-19-20-18-13)7-21(3)14(22)9(2)23-10-4-5-11(15)12(16)6-10/h4-6,8-9H,7H2,1-3H3,(H,17,18,19,20). The van der Waals surface area contributed by atoms with Crippen molar-refractivity contribution in [2.45, 2.75) is 25.9 Å². The zero-order valence-electron chi connectivity index (χ0n) is 13.0. The summed E-state index contributed by atoms with van der Waals surface area (Å²) in [4.78, 5) is 13.7. The second kappa shape index (κ2) is 7.12. The van der Waals surface area contributed by atoms with Crippen LogP contribution >= 0.6 is 0 Å². The summed E-state index contributed by atoms with van der Waals surface area (Å²) in [5.41, 5.74) is 0. The fourth-order valence-corrected chi connectivity index (χ4v) is 2.08. The molecule has 2 unspecified atom stereocenters. The first kappa shape index (κ1) is 16.8. The molecule has 7 nitrogen and oxygen atoms in total. The number of aromatic nitrogens is 4. The van der Waals surface area contributed by atoms with Gasteiger partial charge in [-0.25, -0.2) is 8.78 Å². The normalized spacial score (nSPS) is 13.4. The number of carbonyl (C=O) groups is 1. The summed E-state index contributed by atoms with van der Waals surface area (Å²) in [6.07, 6.45) is -0.845. The molecule has 0 aliphatic carbocycles. The molecule has 0 saturated carbocycles. The molecular formula is C14H17F2N5O2. The Hall–Kier alpha value is -2.58. The molecule has 124 valence electrons. The molecular weight excluding hydrogens is 308 g/mol. The Balaban J connectivity index is 1.94. The summed E-state index contributed by atoms with van der Waals surface area (Å²) in [5, 5.41) is 13.6. The van der Waals surface area contributed by atoms with Crippen molar-refractivity contribution in [3.8, 4) is 5.75 Å². The Morgan fingerprint density at radius 3 is 2.70 bits per heavy atom. The van der Waals surface area contributed by atoms with E-state index in [-0.39, 0.29) is 17.6 Å². The maximum Gasteiger partial charge on any atom is 0.263 e. The zero-order chi connectivity index (χ0) is 17.0. The molecule has 2 aromatic rings. The molecule has 2 rings (SSSR count). The summed E-state index contributed by atoms with van der Waals surface area (Å²) in [6, 6.07) is 3.12. The lowest BCUT2D eigenvalue weighted by Gasteiger charge is -2.24. The van der Waals surface area contributed by atoms with Crippen LogP contribution in [0.15, 0.2) is 18.2 Å². The Bertz CT molecular complexity index is 665. The van der Waals surface area contributed by atoms with Crippen LogP contribution in [0.4, 0.5) is 8.78 Å². The highest BCUT2D eigenvalue weighted by Gasteiger charge is 2.22. The molecule has 0 bridgehead atoms. The number of amides is 1. The third-order valence-corrected chi connectivity index (χ3v) is 3.28. The fourth-order valence-electron chi connectivity index (χ4n) is 2.08. The number of halogens is 2. The van der Waals surface area contributed by atoms with Crippen LogP contribution in [0.2, 0.25) is 0 Å².